The number of benzene rings is 2. The van der Waals surface area contributed by atoms with Crippen LogP contribution in [0.25, 0.3) is 5.69 Å². The van der Waals surface area contributed by atoms with Crippen LogP contribution in [0.3, 0.4) is 0 Å². The summed E-state index contributed by atoms with van der Waals surface area (Å²) in [5.74, 6) is -0.783. The van der Waals surface area contributed by atoms with Crippen molar-refractivity contribution < 1.29 is 17.8 Å². The average molecular weight is 427 g/mol. The Morgan fingerprint density at radius 3 is 2.22 bits per heavy atom. The highest BCUT2D eigenvalue weighted by Crippen LogP contribution is 2.30. The molecule has 2 aromatic carbocycles. The molecule has 3 aromatic rings. The number of halogens is 2. The van der Waals surface area contributed by atoms with Gasteiger partial charge in [0.25, 0.3) is 16.0 Å². The number of para-hydroxylation sites is 1. The van der Waals surface area contributed by atoms with E-state index < -0.39 is 16.0 Å². The lowest BCUT2D eigenvalue weighted by Gasteiger charge is -2.06. The summed E-state index contributed by atoms with van der Waals surface area (Å²) in [6.07, 6.45) is 1.48. The van der Waals surface area contributed by atoms with Gasteiger partial charge in [-0.2, -0.15) is 13.5 Å². The Balaban J connectivity index is 2.01. The molecule has 3 rings (SSSR count). The standard InChI is InChI=1S/C16H12Cl2N4O4S/c17-11-2-1-3-12(18)15(11)22-8-13(14(21-22)16(19)23)20-9-4-6-10(7-5-9)27(24,25)26/h1-8,20H,(H2,19,23)(H,24,25,26). The predicted octanol–water partition coefficient (Wildman–Crippen LogP) is 3.27. The molecule has 1 amide bonds. The minimum atomic E-state index is -4.30. The Labute approximate surface area is 164 Å². The second-order valence-electron chi connectivity index (χ2n) is 5.39. The molecule has 0 bridgehead atoms. The third-order valence-electron chi connectivity index (χ3n) is 3.55. The minimum absolute atomic E-state index is 0.0650. The first-order valence-corrected chi connectivity index (χ1v) is 9.55. The Morgan fingerprint density at radius 1 is 1.11 bits per heavy atom. The van der Waals surface area contributed by atoms with Crippen LogP contribution in [0.4, 0.5) is 11.4 Å². The van der Waals surface area contributed by atoms with Crippen molar-refractivity contribution in [2.45, 2.75) is 4.90 Å². The van der Waals surface area contributed by atoms with Crippen LogP contribution in [0.1, 0.15) is 10.5 Å². The number of carbonyl (C=O) groups is 1. The number of rotatable bonds is 5. The predicted molar refractivity (Wildman–Crippen MR) is 102 cm³/mol. The fraction of sp³-hybridized carbons (Fsp3) is 0. The molecule has 0 saturated carbocycles. The van der Waals surface area contributed by atoms with E-state index in [0.717, 1.165) is 0 Å². The van der Waals surface area contributed by atoms with Crippen LogP contribution in [0.2, 0.25) is 10.0 Å². The highest BCUT2D eigenvalue weighted by molar-refractivity contribution is 7.85. The summed E-state index contributed by atoms with van der Waals surface area (Å²) < 4.78 is 32.6. The van der Waals surface area contributed by atoms with Gasteiger partial charge in [0.2, 0.25) is 0 Å². The lowest BCUT2D eigenvalue weighted by molar-refractivity contribution is 0.0996. The number of hydrogen-bond acceptors (Lipinski definition) is 5. The summed E-state index contributed by atoms with van der Waals surface area (Å²) in [6, 6.07) is 10.1. The van der Waals surface area contributed by atoms with Crippen LogP contribution in [-0.2, 0) is 10.1 Å². The Kier molecular flexibility index (Phi) is 5.11. The molecule has 8 nitrogen and oxygen atoms in total. The molecule has 0 aliphatic rings. The number of hydrogen-bond donors (Lipinski definition) is 3. The van der Waals surface area contributed by atoms with Crippen molar-refractivity contribution in [2.75, 3.05) is 5.32 Å². The lowest BCUT2D eigenvalue weighted by atomic mass is 10.3. The zero-order valence-electron chi connectivity index (χ0n) is 13.4. The third kappa shape index (κ3) is 4.06. The van der Waals surface area contributed by atoms with Gasteiger partial charge in [0.15, 0.2) is 5.69 Å². The first-order valence-electron chi connectivity index (χ1n) is 7.35. The summed E-state index contributed by atoms with van der Waals surface area (Å²) in [6.45, 7) is 0. The van der Waals surface area contributed by atoms with Crippen molar-refractivity contribution in [2.24, 2.45) is 5.73 Å². The average Bonchev–Trinajstić information content (AvgIpc) is 2.98. The second kappa shape index (κ2) is 7.20. The summed E-state index contributed by atoms with van der Waals surface area (Å²) in [7, 11) is -4.30. The van der Waals surface area contributed by atoms with E-state index in [2.05, 4.69) is 10.4 Å². The van der Waals surface area contributed by atoms with Gasteiger partial charge in [-0.25, -0.2) is 4.68 Å². The molecule has 0 fully saturated rings. The Bertz CT molecular complexity index is 1110. The molecule has 0 radical (unpaired) electrons. The van der Waals surface area contributed by atoms with Crippen LogP contribution in [0, 0.1) is 0 Å². The number of nitrogens with one attached hydrogen (secondary N) is 1. The van der Waals surface area contributed by atoms with Gasteiger partial charge < -0.3 is 11.1 Å². The third-order valence-corrected chi connectivity index (χ3v) is 5.02. The zero-order chi connectivity index (χ0) is 19.8. The maximum atomic E-state index is 11.7. The number of carbonyl (C=O) groups excluding carboxylic acids is 1. The highest BCUT2D eigenvalue weighted by Gasteiger charge is 2.18. The molecule has 27 heavy (non-hydrogen) atoms. The SMILES string of the molecule is NC(=O)c1nn(-c2c(Cl)cccc2Cl)cc1Nc1ccc(S(=O)(=O)O)cc1. The van der Waals surface area contributed by atoms with E-state index in [1.54, 1.807) is 18.2 Å². The van der Waals surface area contributed by atoms with Gasteiger partial charge >= 0.3 is 0 Å². The van der Waals surface area contributed by atoms with E-state index >= 15 is 0 Å². The topological polar surface area (TPSA) is 127 Å². The van der Waals surface area contributed by atoms with E-state index in [9.17, 15) is 13.2 Å². The molecule has 1 aromatic heterocycles. The van der Waals surface area contributed by atoms with Crippen LogP contribution >= 0.6 is 23.2 Å². The van der Waals surface area contributed by atoms with Crippen LogP contribution in [0.15, 0.2) is 53.6 Å². The summed E-state index contributed by atoms with van der Waals surface area (Å²) >= 11 is 12.3. The van der Waals surface area contributed by atoms with E-state index in [0.29, 0.717) is 21.4 Å². The van der Waals surface area contributed by atoms with Crippen molar-refractivity contribution in [1.82, 2.24) is 9.78 Å². The molecule has 0 atom stereocenters. The fourth-order valence-corrected chi connectivity index (χ4v) is 3.39. The molecule has 0 aliphatic heterocycles. The highest BCUT2D eigenvalue weighted by atomic mass is 35.5. The molecular formula is C16H12Cl2N4O4S. The summed E-state index contributed by atoms with van der Waals surface area (Å²) in [4.78, 5) is 11.5. The molecular weight excluding hydrogens is 415 g/mol. The monoisotopic (exact) mass is 426 g/mol. The van der Waals surface area contributed by atoms with Gasteiger partial charge in [-0.15, -0.1) is 0 Å². The number of aromatic nitrogens is 2. The first-order chi connectivity index (χ1) is 12.7. The zero-order valence-corrected chi connectivity index (χ0v) is 15.8. The smallest absolute Gasteiger partial charge is 0.294 e. The lowest BCUT2D eigenvalue weighted by Crippen LogP contribution is -2.14. The molecule has 0 aliphatic carbocycles. The summed E-state index contributed by atoms with van der Waals surface area (Å²) in [5, 5.41) is 7.69. The molecule has 0 saturated heterocycles. The molecule has 4 N–H and O–H groups in total. The van der Waals surface area contributed by atoms with Crippen LogP contribution in [0.5, 0.6) is 0 Å². The maximum absolute atomic E-state index is 11.7. The first kappa shape index (κ1) is 19.2. The van der Waals surface area contributed by atoms with Gasteiger partial charge in [-0.05, 0) is 36.4 Å². The Hall–Kier alpha value is -2.59. The van der Waals surface area contributed by atoms with Crippen LogP contribution < -0.4 is 11.1 Å². The minimum Gasteiger partial charge on any atom is -0.364 e. The van der Waals surface area contributed by atoms with Gasteiger partial charge in [-0.1, -0.05) is 29.3 Å². The van der Waals surface area contributed by atoms with Crippen molar-refractivity contribution >= 4 is 50.6 Å². The number of primary amides is 1. The molecule has 1 heterocycles. The van der Waals surface area contributed by atoms with E-state index in [-0.39, 0.29) is 16.3 Å². The Morgan fingerprint density at radius 2 is 1.70 bits per heavy atom. The van der Waals surface area contributed by atoms with Gasteiger partial charge in [-0.3, -0.25) is 9.35 Å². The molecule has 0 spiro atoms. The fourth-order valence-electron chi connectivity index (χ4n) is 2.34. The van der Waals surface area contributed by atoms with Crippen molar-refractivity contribution in [3.63, 3.8) is 0 Å². The maximum Gasteiger partial charge on any atom is 0.294 e. The van der Waals surface area contributed by atoms with Crippen molar-refractivity contribution in [1.29, 1.82) is 0 Å². The van der Waals surface area contributed by atoms with E-state index in [4.69, 9.17) is 33.5 Å². The van der Waals surface area contributed by atoms with Crippen LogP contribution in [-0.4, -0.2) is 28.7 Å². The van der Waals surface area contributed by atoms with Crippen molar-refractivity contribution in [3.8, 4) is 5.69 Å². The largest absolute Gasteiger partial charge is 0.364 e. The van der Waals surface area contributed by atoms with Gasteiger partial charge in [0.05, 0.1) is 26.8 Å². The summed E-state index contributed by atoms with van der Waals surface area (Å²) in [5.41, 5.74) is 6.39. The number of amides is 1. The molecule has 0 unspecified atom stereocenters. The second-order valence-corrected chi connectivity index (χ2v) is 7.63. The molecule has 140 valence electrons. The normalized spacial score (nSPS) is 11.4. The van der Waals surface area contributed by atoms with Gasteiger partial charge in [0, 0.05) is 5.69 Å². The van der Waals surface area contributed by atoms with E-state index in [1.165, 1.54) is 35.1 Å². The number of anilines is 2. The quantitative estimate of drug-likeness (QED) is 0.537. The number of nitrogens with two attached hydrogens (primary N) is 1. The van der Waals surface area contributed by atoms with Crippen molar-refractivity contribution in [3.05, 3.63) is 64.4 Å². The van der Waals surface area contributed by atoms with Gasteiger partial charge in [0.1, 0.15) is 5.69 Å². The molecule has 11 heteroatoms. The van der Waals surface area contributed by atoms with E-state index in [1.807, 2.05) is 0 Å². The number of nitrogens with zero attached hydrogens (tertiary/aromatic N) is 2.